The number of aliphatic hydroxyl groups excluding tert-OH is 1. The molecule has 1 fully saturated rings. The topological polar surface area (TPSA) is 101 Å². The Morgan fingerprint density at radius 3 is 2.44 bits per heavy atom. The van der Waals surface area contributed by atoms with Gasteiger partial charge in [0.1, 0.15) is 18.8 Å². The maximum absolute atomic E-state index is 10.9. The van der Waals surface area contributed by atoms with Crippen molar-refractivity contribution in [2.75, 3.05) is 13.7 Å². The van der Waals surface area contributed by atoms with Crippen LogP contribution in [0, 0.1) is 0 Å². The largest absolute Gasteiger partial charge is 0.463 e. The summed E-state index contributed by atoms with van der Waals surface area (Å²) in [5.41, 5.74) is 0. The minimum Gasteiger partial charge on any atom is -0.463 e. The van der Waals surface area contributed by atoms with Gasteiger partial charge in [-0.1, -0.05) is 0 Å². The first kappa shape index (κ1) is 14.8. The maximum atomic E-state index is 10.9. The average molecular weight is 264 g/mol. The second kappa shape index (κ2) is 6.64. The molecule has 0 spiro atoms. The van der Waals surface area contributed by atoms with Gasteiger partial charge in [0, 0.05) is 13.8 Å². The first-order chi connectivity index (χ1) is 8.45. The molecule has 8 heteroatoms. The summed E-state index contributed by atoms with van der Waals surface area (Å²) < 4.78 is 14.9. The van der Waals surface area contributed by atoms with E-state index in [9.17, 15) is 14.7 Å². The number of rotatable bonds is 5. The molecule has 1 rings (SSSR count). The van der Waals surface area contributed by atoms with Crippen LogP contribution in [-0.2, 0) is 33.6 Å². The molecule has 0 aliphatic carbocycles. The van der Waals surface area contributed by atoms with Gasteiger partial charge >= 0.3 is 11.9 Å². The fourth-order valence-electron chi connectivity index (χ4n) is 1.55. The molecule has 104 valence electrons. The maximum Gasteiger partial charge on any atom is 0.303 e. The summed E-state index contributed by atoms with van der Waals surface area (Å²) in [6.45, 7) is 2.27. The molecule has 4 atom stereocenters. The van der Waals surface area contributed by atoms with Crippen molar-refractivity contribution >= 4 is 11.9 Å². The second-order valence-electron chi connectivity index (χ2n) is 3.67. The zero-order valence-corrected chi connectivity index (χ0v) is 10.3. The van der Waals surface area contributed by atoms with Crippen molar-refractivity contribution in [3.05, 3.63) is 0 Å². The first-order valence-electron chi connectivity index (χ1n) is 5.29. The van der Waals surface area contributed by atoms with Gasteiger partial charge in [-0.15, -0.1) is 0 Å². The molecule has 1 aliphatic rings. The van der Waals surface area contributed by atoms with E-state index in [1.54, 1.807) is 0 Å². The van der Waals surface area contributed by atoms with Crippen LogP contribution >= 0.6 is 0 Å². The average Bonchev–Trinajstić information content (AvgIpc) is 2.55. The van der Waals surface area contributed by atoms with Gasteiger partial charge in [0.05, 0.1) is 7.11 Å². The molecule has 1 heterocycles. The molecule has 1 aliphatic heterocycles. The quantitative estimate of drug-likeness (QED) is 0.389. The van der Waals surface area contributed by atoms with E-state index in [1.807, 2.05) is 0 Å². The van der Waals surface area contributed by atoms with E-state index in [0.29, 0.717) is 0 Å². The predicted molar refractivity (Wildman–Crippen MR) is 54.9 cm³/mol. The molecule has 1 saturated heterocycles. The summed E-state index contributed by atoms with van der Waals surface area (Å²) in [7, 11) is 1.25. The van der Waals surface area contributed by atoms with Gasteiger partial charge in [-0.25, -0.2) is 9.78 Å². The van der Waals surface area contributed by atoms with Gasteiger partial charge in [-0.3, -0.25) is 9.59 Å². The Bertz CT molecular complexity index is 304. The Balaban J connectivity index is 2.65. The van der Waals surface area contributed by atoms with Crippen molar-refractivity contribution in [1.29, 1.82) is 0 Å². The number of hydrogen-bond donors (Lipinski definition) is 1. The highest BCUT2D eigenvalue weighted by molar-refractivity contribution is 5.66. The molecule has 0 bridgehead atoms. The lowest BCUT2D eigenvalue weighted by Crippen LogP contribution is -2.39. The number of ether oxygens (including phenoxy) is 3. The second-order valence-corrected chi connectivity index (χ2v) is 3.67. The van der Waals surface area contributed by atoms with Gasteiger partial charge in [-0.05, 0) is 0 Å². The van der Waals surface area contributed by atoms with Gasteiger partial charge in [0.2, 0.25) is 6.29 Å². The van der Waals surface area contributed by atoms with Crippen LogP contribution in [0.25, 0.3) is 0 Å². The van der Waals surface area contributed by atoms with Crippen molar-refractivity contribution in [1.82, 2.24) is 0 Å². The Morgan fingerprint density at radius 1 is 1.28 bits per heavy atom. The molecule has 8 nitrogen and oxygen atoms in total. The number of esters is 2. The molecular formula is C10H16O8. The lowest BCUT2D eigenvalue weighted by atomic mass is 10.1. The first-order valence-corrected chi connectivity index (χ1v) is 5.29. The van der Waals surface area contributed by atoms with Crippen molar-refractivity contribution in [2.45, 2.75) is 38.4 Å². The number of hydrogen-bond acceptors (Lipinski definition) is 8. The smallest absolute Gasteiger partial charge is 0.303 e. The van der Waals surface area contributed by atoms with Crippen LogP contribution in [0.1, 0.15) is 13.8 Å². The molecular weight excluding hydrogens is 248 g/mol. The predicted octanol–water partition coefficient (Wildman–Crippen LogP) is -0.855. The van der Waals surface area contributed by atoms with Crippen LogP contribution in [0.5, 0.6) is 0 Å². The summed E-state index contributed by atoms with van der Waals surface area (Å²) in [6.07, 6.45) is -4.13. The number of aliphatic hydroxyl groups is 1. The van der Waals surface area contributed by atoms with Crippen molar-refractivity contribution < 1.29 is 38.7 Å². The van der Waals surface area contributed by atoms with E-state index in [2.05, 4.69) is 9.78 Å². The van der Waals surface area contributed by atoms with Crippen LogP contribution in [0.3, 0.4) is 0 Å². The van der Waals surface area contributed by atoms with Gasteiger partial charge in [0.25, 0.3) is 0 Å². The van der Waals surface area contributed by atoms with Crippen LogP contribution in [0.2, 0.25) is 0 Å². The third-order valence-electron chi connectivity index (χ3n) is 2.23. The van der Waals surface area contributed by atoms with Crippen LogP contribution in [-0.4, -0.2) is 55.4 Å². The Morgan fingerprint density at radius 2 is 1.94 bits per heavy atom. The van der Waals surface area contributed by atoms with Gasteiger partial charge in [0.15, 0.2) is 6.10 Å². The Kier molecular flexibility index (Phi) is 5.48. The summed E-state index contributed by atoms with van der Waals surface area (Å²) in [6, 6.07) is 0. The third-order valence-corrected chi connectivity index (χ3v) is 2.23. The molecule has 0 saturated carbocycles. The lowest BCUT2D eigenvalue weighted by molar-refractivity contribution is -0.371. The van der Waals surface area contributed by atoms with Crippen LogP contribution in [0.4, 0.5) is 0 Å². The zero-order chi connectivity index (χ0) is 13.7. The third kappa shape index (κ3) is 3.91. The summed E-state index contributed by atoms with van der Waals surface area (Å²) in [5.74, 6) is -1.10. The highest BCUT2D eigenvalue weighted by atomic mass is 17.2. The summed E-state index contributed by atoms with van der Waals surface area (Å²) >= 11 is 0. The highest BCUT2D eigenvalue weighted by Crippen LogP contribution is 2.25. The Hall–Kier alpha value is -1.22. The molecule has 0 aromatic carbocycles. The van der Waals surface area contributed by atoms with E-state index in [0.717, 1.165) is 0 Å². The SMILES string of the molecule is COOC1O[C@H](COC(C)=O)[C@@H](OC(C)=O)[C@H]1O. The zero-order valence-electron chi connectivity index (χ0n) is 10.3. The van der Waals surface area contributed by atoms with E-state index in [4.69, 9.17) is 14.2 Å². The van der Waals surface area contributed by atoms with E-state index < -0.39 is 36.5 Å². The van der Waals surface area contributed by atoms with Crippen molar-refractivity contribution in [3.8, 4) is 0 Å². The molecule has 1 unspecified atom stereocenters. The summed E-state index contributed by atoms with van der Waals surface area (Å²) in [4.78, 5) is 30.7. The number of carbonyl (C=O) groups excluding carboxylic acids is 2. The standard InChI is InChI=1S/C10H16O8/c1-5(11)15-4-7-9(16-6(2)12)8(13)10(17-7)18-14-3/h7-10,13H,4H2,1-3H3/t7-,8-,9-,10?/m1/s1. The van der Waals surface area contributed by atoms with E-state index in [1.165, 1.54) is 21.0 Å². The van der Waals surface area contributed by atoms with E-state index in [-0.39, 0.29) is 6.61 Å². The fraction of sp³-hybridized carbons (Fsp3) is 0.800. The minimum absolute atomic E-state index is 0.159. The molecule has 0 radical (unpaired) electrons. The van der Waals surface area contributed by atoms with E-state index >= 15 is 0 Å². The van der Waals surface area contributed by atoms with Crippen LogP contribution < -0.4 is 0 Å². The molecule has 18 heavy (non-hydrogen) atoms. The normalized spacial score (nSPS) is 31.1. The Labute approximate surface area is 104 Å². The van der Waals surface area contributed by atoms with Gasteiger partial charge in [-0.2, -0.15) is 0 Å². The van der Waals surface area contributed by atoms with Crippen molar-refractivity contribution in [3.63, 3.8) is 0 Å². The van der Waals surface area contributed by atoms with Crippen molar-refractivity contribution in [2.24, 2.45) is 0 Å². The van der Waals surface area contributed by atoms with Gasteiger partial charge < -0.3 is 19.3 Å². The lowest BCUT2D eigenvalue weighted by Gasteiger charge is -2.19. The molecule has 0 amide bonds. The summed E-state index contributed by atoms with van der Waals surface area (Å²) in [5, 5.41) is 9.82. The molecule has 1 N–H and O–H groups in total. The number of carbonyl (C=O) groups is 2. The monoisotopic (exact) mass is 264 g/mol. The fourth-order valence-corrected chi connectivity index (χ4v) is 1.55. The van der Waals surface area contributed by atoms with Crippen LogP contribution in [0.15, 0.2) is 0 Å². The highest BCUT2D eigenvalue weighted by Gasteiger charge is 2.47. The molecule has 0 aromatic rings. The minimum atomic E-state index is -1.23. The molecule has 0 aromatic heterocycles.